The lowest BCUT2D eigenvalue weighted by atomic mass is 10.1. The van der Waals surface area contributed by atoms with Gasteiger partial charge in [-0.15, -0.1) is 0 Å². The normalized spacial score (nSPS) is 10.7. The molecule has 0 aliphatic carbocycles. The number of amides is 1. The van der Waals surface area contributed by atoms with E-state index in [0.29, 0.717) is 17.1 Å². The lowest BCUT2D eigenvalue weighted by Gasteiger charge is -2.00. The van der Waals surface area contributed by atoms with E-state index in [2.05, 4.69) is 17.2 Å². The van der Waals surface area contributed by atoms with E-state index in [1.54, 1.807) is 12.1 Å². The minimum absolute atomic E-state index is 0.0383. The van der Waals surface area contributed by atoms with Crippen molar-refractivity contribution in [2.45, 2.75) is 39.0 Å². The van der Waals surface area contributed by atoms with Gasteiger partial charge in [-0.1, -0.05) is 37.5 Å². The maximum atomic E-state index is 11.8. The molecule has 0 saturated heterocycles. The molecular formula is C15H18N2O3S. The van der Waals surface area contributed by atoms with E-state index in [1.807, 2.05) is 0 Å². The van der Waals surface area contributed by atoms with Gasteiger partial charge in [-0.25, -0.2) is 9.78 Å². The number of rotatable bonds is 7. The van der Waals surface area contributed by atoms with Crippen molar-refractivity contribution in [2.75, 3.05) is 5.32 Å². The summed E-state index contributed by atoms with van der Waals surface area (Å²) < 4.78 is 0.760. The van der Waals surface area contributed by atoms with Crippen LogP contribution in [0.2, 0.25) is 0 Å². The highest BCUT2D eigenvalue weighted by atomic mass is 32.1. The third-order valence-electron chi connectivity index (χ3n) is 3.14. The van der Waals surface area contributed by atoms with Gasteiger partial charge in [0.25, 0.3) is 0 Å². The largest absolute Gasteiger partial charge is 0.478 e. The fourth-order valence-electron chi connectivity index (χ4n) is 2.01. The number of aromatic carboxylic acids is 1. The van der Waals surface area contributed by atoms with Gasteiger partial charge in [0.15, 0.2) is 5.13 Å². The van der Waals surface area contributed by atoms with Crippen molar-refractivity contribution in [3.05, 3.63) is 23.8 Å². The lowest BCUT2D eigenvalue weighted by molar-refractivity contribution is -0.116. The number of benzene rings is 1. The number of unbranched alkanes of at least 4 members (excludes halogenated alkanes) is 3. The van der Waals surface area contributed by atoms with Crippen LogP contribution in [0.1, 0.15) is 49.4 Å². The van der Waals surface area contributed by atoms with E-state index in [1.165, 1.54) is 17.4 Å². The summed E-state index contributed by atoms with van der Waals surface area (Å²) in [6.07, 6.45) is 4.73. The van der Waals surface area contributed by atoms with E-state index < -0.39 is 5.97 Å². The second kappa shape index (κ2) is 7.17. The second-order valence-electron chi connectivity index (χ2n) is 4.87. The van der Waals surface area contributed by atoms with Gasteiger partial charge in [0.1, 0.15) is 0 Å². The average molecular weight is 306 g/mol. The highest BCUT2D eigenvalue weighted by Gasteiger charge is 2.10. The summed E-state index contributed by atoms with van der Waals surface area (Å²) in [6.45, 7) is 2.13. The van der Waals surface area contributed by atoms with Crippen molar-refractivity contribution >= 4 is 38.6 Å². The fourth-order valence-corrected chi connectivity index (χ4v) is 2.93. The molecule has 0 unspecified atom stereocenters. The minimum Gasteiger partial charge on any atom is -0.478 e. The summed E-state index contributed by atoms with van der Waals surface area (Å²) >= 11 is 1.29. The minimum atomic E-state index is -0.966. The molecule has 2 rings (SSSR count). The van der Waals surface area contributed by atoms with Gasteiger partial charge in [-0.2, -0.15) is 0 Å². The van der Waals surface area contributed by atoms with Crippen LogP contribution in [0, 0.1) is 0 Å². The fraction of sp³-hybridized carbons (Fsp3) is 0.400. The van der Waals surface area contributed by atoms with Gasteiger partial charge in [0, 0.05) is 6.42 Å². The Hall–Kier alpha value is -1.95. The van der Waals surface area contributed by atoms with E-state index in [-0.39, 0.29) is 11.5 Å². The smallest absolute Gasteiger partial charge is 0.335 e. The summed E-state index contributed by atoms with van der Waals surface area (Å²) in [5, 5.41) is 12.3. The highest BCUT2D eigenvalue weighted by molar-refractivity contribution is 7.22. The third kappa shape index (κ3) is 4.26. The van der Waals surface area contributed by atoms with Crippen molar-refractivity contribution in [3.8, 4) is 0 Å². The summed E-state index contributed by atoms with van der Waals surface area (Å²) in [5.41, 5.74) is 0.926. The van der Waals surface area contributed by atoms with Crippen molar-refractivity contribution < 1.29 is 14.7 Å². The SMILES string of the molecule is CCCCCCC(=O)Nc1nc2ccc(C(=O)O)cc2s1. The van der Waals surface area contributed by atoms with Crippen LogP contribution in [0.15, 0.2) is 18.2 Å². The molecule has 0 fully saturated rings. The molecule has 0 aliphatic rings. The molecule has 1 heterocycles. The standard InChI is InChI=1S/C15H18N2O3S/c1-2-3-4-5-6-13(18)17-15-16-11-8-7-10(14(19)20)9-12(11)21-15/h7-9H,2-6H2,1H3,(H,19,20)(H,16,17,18). The Labute approximate surface area is 127 Å². The Balaban J connectivity index is 1.99. The molecule has 5 nitrogen and oxygen atoms in total. The molecule has 112 valence electrons. The maximum Gasteiger partial charge on any atom is 0.335 e. The molecule has 0 spiro atoms. The van der Waals surface area contributed by atoms with E-state index >= 15 is 0 Å². The second-order valence-corrected chi connectivity index (χ2v) is 5.90. The summed E-state index contributed by atoms with van der Waals surface area (Å²) in [5.74, 6) is -1.00. The first-order valence-corrected chi connectivity index (χ1v) is 7.85. The van der Waals surface area contributed by atoms with Crippen LogP contribution in [0.4, 0.5) is 5.13 Å². The number of carbonyl (C=O) groups excluding carboxylic acids is 1. The van der Waals surface area contributed by atoms with Gasteiger partial charge in [-0.3, -0.25) is 4.79 Å². The molecular weight excluding hydrogens is 288 g/mol. The maximum absolute atomic E-state index is 11.8. The van der Waals surface area contributed by atoms with E-state index in [0.717, 1.165) is 30.4 Å². The summed E-state index contributed by atoms with van der Waals surface area (Å²) in [6, 6.07) is 4.75. The van der Waals surface area contributed by atoms with Gasteiger partial charge in [0.05, 0.1) is 15.8 Å². The zero-order valence-corrected chi connectivity index (χ0v) is 12.7. The molecule has 2 N–H and O–H groups in total. The van der Waals surface area contributed by atoms with Gasteiger partial charge in [0.2, 0.25) is 5.91 Å². The number of carboxylic acid groups (broad SMARTS) is 1. The monoisotopic (exact) mass is 306 g/mol. The molecule has 6 heteroatoms. The predicted molar refractivity (Wildman–Crippen MR) is 84.0 cm³/mol. The molecule has 1 aromatic heterocycles. The van der Waals surface area contributed by atoms with Crippen LogP contribution in [-0.2, 0) is 4.79 Å². The first-order valence-electron chi connectivity index (χ1n) is 7.04. The molecule has 2 aromatic rings. The van der Waals surface area contributed by atoms with Crippen LogP contribution in [0.5, 0.6) is 0 Å². The number of nitrogens with zero attached hydrogens (tertiary/aromatic N) is 1. The molecule has 0 radical (unpaired) electrons. The Kier molecular flexibility index (Phi) is 5.27. The Morgan fingerprint density at radius 1 is 1.29 bits per heavy atom. The average Bonchev–Trinajstić information content (AvgIpc) is 2.84. The lowest BCUT2D eigenvalue weighted by Crippen LogP contribution is -2.10. The van der Waals surface area contributed by atoms with Crippen LogP contribution in [0.3, 0.4) is 0 Å². The van der Waals surface area contributed by atoms with Gasteiger partial charge in [-0.05, 0) is 24.6 Å². The van der Waals surface area contributed by atoms with Crippen LogP contribution < -0.4 is 5.32 Å². The van der Waals surface area contributed by atoms with Crippen molar-refractivity contribution in [2.24, 2.45) is 0 Å². The number of nitrogens with one attached hydrogen (secondary N) is 1. The Morgan fingerprint density at radius 3 is 2.81 bits per heavy atom. The summed E-state index contributed by atoms with van der Waals surface area (Å²) in [4.78, 5) is 27.0. The number of thiazole rings is 1. The number of hydrogen-bond donors (Lipinski definition) is 2. The van der Waals surface area contributed by atoms with Crippen LogP contribution >= 0.6 is 11.3 Å². The Bertz CT molecular complexity index is 651. The Morgan fingerprint density at radius 2 is 2.10 bits per heavy atom. The van der Waals surface area contributed by atoms with Gasteiger partial charge >= 0.3 is 5.97 Å². The molecule has 0 bridgehead atoms. The van der Waals surface area contributed by atoms with Crippen molar-refractivity contribution in [3.63, 3.8) is 0 Å². The molecule has 0 saturated carbocycles. The number of aromatic nitrogens is 1. The number of hydrogen-bond acceptors (Lipinski definition) is 4. The predicted octanol–water partition coefficient (Wildman–Crippen LogP) is 3.90. The molecule has 1 aromatic carbocycles. The van der Waals surface area contributed by atoms with Crippen LogP contribution in [-0.4, -0.2) is 22.0 Å². The first-order chi connectivity index (χ1) is 10.1. The molecule has 0 atom stereocenters. The van der Waals surface area contributed by atoms with Gasteiger partial charge < -0.3 is 10.4 Å². The topological polar surface area (TPSA) is 79.3 Å². The number of carboxylic acids is 1. The van der Waals surface area contributed by atoms with Crippen molar-refractivity contribution in [1.29, 1.82) is 0 Å². The first kappa shape index (κ1) is 15.4. The quantitative estimate of drug-likeness (QED) is 0.760. The van der Waals surface area contributed by atoms with E-state index in [4.69, 9.17) is 5.11 Å². The molecule has 21 heavy (non-hydrogen) atoms. The summed E-state index contributed by atoms with van der Waals surface area (Å²) in [7, 11) is 0. The molecule has 1 amide bonds. The third-order valence-corrected chi connectivity index (χ3v) is 4.07. The number of anilines is 1. The van der Waals surface area contributed by atoms with Crippen LogP contribution in [0.25, 0.3) is 10.2 Å². The number of fused-ring (bicyclic) bond motifs is 1. The molecule has 0 aliphatic heterocycles. The number of carbonyl (C=O) groups is 2. The van der Waals surface area contributed by atoms with E-state index in [9.17, 15) is 9.59 Å². The van der Waals surface area contributed by atoms with Crippen molar-refractivity contribution in [1.82, 2.24) is 4.98 Å². The zero-order valence-electron chi connectivity index (χ0n) is 11.9. The zero-order chi connectivity index (χ0) is 15.2. The highest BCUT2D eigenvalue weighted by Crippen LogP contribution is 2.27.